The molecule has 0 fully saturated rings. The minimum atomic E-state index is -0.943. The Morgan fingerprint density at radius 2 is 1.80 bits per heavy atom. The van der Waals surface area contributed by atoms with Gasteiger partial charge in [0.1, 0.15) is 0 Å². The minimum Gasteiger partial charge on any atom is -0.481 e. The van der Waals surface area contributed by atoms with Crippen LogP contribution in [-0.4, -0.2) is 23.7 Å². The van der Waals surface area contributed by atoms with Crippen LogP contribution in [0.3, 0.4) is 0 Å². The van der Waals surface area contributed by atoms with Crippen LogP contribution in [0.15, 0.2) is 40.9 Å². The van der Waals surface area contributed by atoms with E-state index in [1.165, 1.54) is 0 Å². The molecule has 2 amide bonds. The molecule has 2 aromatic rings. The average Bonchev–Trinajstić information content (AvgIpc) is 2.38. The summed E-state index contributed by atoms with van der Waals surface area (Å²) in [5.74, 6) is -0.943. The van der Waals surface area contributed by atoms with Crippen LogP contribution in [0.5, 0.6) is 0 Å². The third-order valence-corrected chi connectivity index (χ3v) is 3.18. The third-order valence-electron chi connectivity index (χ3n) is 2.68. The second-order valence-electron chi connectivity index (χ2n) is 4.23. The smallest absolute Gasteiger partial charge is 0.319 e. The van der Waals surface area contributed by atoms with E-state index in [-0.39, 0.29) is 13.0 Å². The molecule has 2 rings (SSSR count). The van der Waals surface area contributed by atoms with Gasteiger partial charge in [0.05, 0.1) is 6.42 Å². The molecule has 0 aromatic heterocycles. The molecule has 5 nitrogen and oxygen atoms in total. The highest BCUT2D eigenvalue weighted by Gasteiger charge is 2.04. The van der Waals surface area contributed by atoms with Gasteiger partial charge in [0, 0.05) is 16.7 Å². The van der Waals surface area contributed by atoms with Gasteiger partial charge < -0.3 is 15.7 Å². The molecule has 0 saturated heterocycles. The van der Waals surface area contributed by atoms with Crippen molar-refractivity contribution in [2.45, 2.75) is 6.42 Å². The molecule has 0 spiro atoms. The molecule has 0 heterocycles. The average molecular weight is 337 g/mol. The zero-order chi connectivity index (χ0) is 14.5. The van der Waals surface area contributed by atoms with E-state index in [1.54, 1.807) is 6.07 Å². The van der Waals surface area contributed by atoms with Crippen molar-refractivity contribution in [1.82, 2.24) is 5.32 Å². The van der Waals surface area contributed by atoms with E-state index < -0.39 is 12.0 Å². The SMILES string of the molecule is O=C(O)CCNC(=O)Nc1ccc2cc(Br)ccc2c1. The highest BCUT2D eigenvalue weighted by atomic mass is 79.9. The van der Waals surface area contributed by atoms with Crippen molar-refractivity contribution in [3.63, 3.8) is 0 Å². The first-order chi connectivity index (χ1) is 9.54. The molecular weight excluding hydrogens is 324 g/mol. The number of halogens is 1. The number of carbonyl (C=O) groups is 2. The number of hydrogen-bond donors (Lipinski definition) is 3. The van der Waals surface area contributed by atoms with Gasteiger partial charge in [0.25, 0.3) is 0 Å². The Morgan fingerprint density at radius 3 is 2.55 bits per heavy atom. The second kappa shape index (κ2) is 6.38. The molecule has 0 saturated carbocycles. The normalized spacial score (nSPS) is 10.2. The van der Waals surface area contributed by atoms with Gasteiger partial charge in [-0.05, 0) is 35.0 Å². The van der Waals surface area contributed by atoms with E-state index in [4.69, 9.17) is 5.11 Å². The summed E-state index contributed by atoms with van der Waals surface area (Å²) < 4.78 is 0.997. The number of carboxylic acids is 1. The summed E-state index contributed by atoms with van der Waals surface area (Å²) in [6.45, 7) is 0.0989. The van der Waals surface area contributed by atoms with Crippen molar-refractivity contribution in [2.24, 2.45) is 0 Å². The fraction of sp³-hybridized carbons (Fsp3) is 0.143. The highest BCUT2D eigenvalue weighted by molar-refractivity contribution is 9.10. The molecular formula is C14H13BrN2O3. The molecule has 0 bridgehead atoms. The molecule has 0 aliphatic carbocycles. The zero-order valence-corrected chi connectivity index (χ0v) is 12.1. The summed E-state index contributed by atoms with van der Waals surface area (Å²) >= 11 is 3.40. The predicted molar refractivity (Wildman–Crippen MR) is 80.9 cm³/mol. The lowest BCUT2D eigenvalue weighted by Crippen LogP contribution is -2.30. The van der Waals surface area contributed by atoms with Crippen LogP contribution in [0, 0.1) is 0 Å². The maximum absolute atomic E-state index is 11.6. The van der Waals surface area contributed by atoms with E-state index in [0.29, 0.717) is 5.69 Å². The summed E-state index contributed by atoms with van der Waals surface area (Å²) in [4.78, 5) is 21.9. The van der Waals surface area contributed by atoms with Gasteiger partial charge >= 0.3 is 12.0 Å². The van der Waals surface area contributed by atoms with Crippen molar-refractivity contribution in [2.75, 3.05) is 11.9 Å². The lowest BCUT2D eigenvalue weighted by Gasteiger charge is -2.08. The predicted octanol–water partition coefficient (Wildman–Crippen LogP) is 3.20. The monoisotopic (exact) mass is 336 g/mol. The van der Waals surface area contributed by atoms with E-state index in [0.717, 1.165) is 15.2 Å². The zero-order valence-electron chi connectivity index (χ0n) is 10.5. The number of carbonyl (C=O) groups excluding carboxylic acids is 1. The van der Waals surface area contributed by atoms with Crippen molar-refractivity contribution < 1.29 is 14.7 Å². The van der Waals surface area contributed by atoms with Gasteiger partial charge in [0.15, 0.2) is 0 Å². The van der Waals surface area contributed by atoms with Crippen molar-refractivity contribution in [1.29, 1.82) is 0 Å². The Bertz CT molecular complexity index is 658. The van der Waals surface area contributed by atoms with Crippen LogP contribution < -0.4 is 10.6 Å². The molecule has 3 N–H and O–H groups in total. The summed E-state index contributed by atoms with van der Waals surface area (Å²) in [6.07, 6.45) is -0.0980. The van der Waals surface area contributed by atoms with Gasteiger partial charge in [0.2, 0.25) is 0 Å². The number of rotatable bonds is 4. The summed E-state index contributed by atoms with van der Waals surface area (Å²) in [6, 6.07) is 11.0. The Labute approximate surface area is 124 Å². The van der Waals surface area contributed by atoms with Gasteiger partial charge in [-0.2, -0.15) is 0 Å². The third kappa shape index (κ3) is 3.96. The molecule has 0 aliphatic rings. The van der Waals surface area contributed by atoms with Gasteiger partial charge in [-0.1, -0.05) is 28.1 Å². The summed E-state index contributed by atoms with van der Waals surface area (Å²) in [5.41, 5.74) is 0.660. The lowest BCUT2D eigenvalue weighted by molar-refractivity contribution is -0.136. The van der Waals surface area contributed by atoms with Crippen LogP contribution in [0.1, 0.15) is 6.42 Å². The molecule has 6 heteroatoms. The first-order valence-corrected chi connectivity index (χ1v) is 6.80. The van der Waals surface area contributed by atoms with Crippen LogP contribution in [0.4, 0.5) is 10.5 Å². The molecule has 0 unspecified atom stereocenters. The maximum atomic E-state index is 11.6. The van der Waals surface area contributed by atoms with E-state index in [1.807, 2.05) is 30.3 Å². The molecule has 2 aromatic carbocycles. The van der Waals surface area contributed by atoms with Crippen LogP contribution >= 0.6 is 15.9 Å². The molecule has 104 valence electrons. The Balaban J connectivity index is 2.01. The van der Waals surface area contributed by atoms with Crippen molar-refractivity contribution in [3.8, 4) is 0 Å². The van der Waals surface area contributed by atoms with Gasteiger partial charge in [-0.25, -0.2) is 4.79 Å². The van der Waals surface area contributed by atoms with Gasteiger partial charge in [-0.15, -0.1) is 0 Å². The molecule has 20 heavy (non-hydrogen) atoms. The van der Waals surface area contributed by atoms with Crippen LogP contribution in [-0.2, 0) is 4.79 Å². The largest absolute Gasteiger partial charge is 0.481 e. The Morgan fingerprint density at radius 1 is 1.10 bits per heavy atom. The molecule has 0 aliphatic heterocycles. The number of benzene rings is 2. The second-order valence-corrected chi connectivity index (χ2v) is 5.15. The number of amides is 2. The fourth-order valence-electron chi connectivity index (χ4n) is 1.75. The quantitative estimate of drug-likeness (QED) is 0.802. The number of carboxylic acid groups (broad SMARTS) is 1. The van der Waals surface area contributed by atoms with Crippen LogP contribution in [0.2, 0.25) is 0 Å². The van der Waals surface area contributed by atoms with Gasteiger partial charge in [-0.3, -0.25) is 4.79 Å². The minimum absolute atomic E-state index is 0.0980. The Kier molecular flexibility index (Phi) is 4.57. The highest BCUT2D eigenvalue weighted by Crippen LogP contribution is 2.22. The van der Waals surface area contributed by atoms with E-state index in [9.17, 15) is 9.59 Å². The standard InChI is InChI=1S/C14H13BrN2O3/c15-11-3-1-10-8-12(4-2-9(10)7-11)17-14(20)16-6-5-13(18)19/h1-4,7-8H,5-6H2,(H,18,19)(H2,16,17,20). The molecule has 0 radical (unpaired) electrons. The number of aliphatic carboxylic acids is 1. The van der Waals surface area contributed by atoms with E-state index >= 15 is 0 Å². The lowest BCUT2D eigenvalue weighted by atomic mass is 10.1. The maximum Gasteiger partial charge on any atom is 0.319 e. The summed E-state index contributed by atoms with van der Waals surface area (Å²) in [5, 5.41) is 15.7. The molecule has 0 atom stereocenters. The van der Waals surface area contributed by atoms with Crippen LogP contribution in [0.25, 0.3) is 10.8 Å². The van der Waals surface area contributed by atoms with Crippen molar-refractivity contribution in [3.05, 3.63) is 40.9 Å². The summed E-state index contributed by atoms with van der Waals surface area (Å²) in [7, 11) is 0. The number of nitrogens with one attached hydrogen (secondary N) is 2. The van der Waals surface area contributed by atoms with E-state index in [2.05, 4.69) is 26.6 Å². The number of fused-ring (bicyclic) bond motifs is 1. The van der Waals surface area contributed by atoms with Crippen molar-refractivity contribution >= 4 is 44.4 Å². The Hall–Kier alpha value is -2.08. The fourth-order valence-corrected chi connectivity index (χ4v) is 2.13. The first kappa shape index (κ1) is 14.3. The first-order valence-electron chi connectivity index (χ1n) is 6.00. The number of urea groups is 1. The number of anilines is 1. The number of hydrogen-bond acceptors (Lipinski definition) is 2. The topological polar surface area (TPSA) is 78.4 Å².